The molecular formula is C15H14N2O2. The molecule has 2 rings (SSSR count). The predicted octanol–water partition coefficient (Wildman–Crippen LogP) is 2.34. The minimum Gasteiger partial charge on any atom is -0.446 e. The monoisotopic (exact) mass is 254 g/mol. The van der Waals surface area contributed by atoms with Gasteiger partial charge in [-0.1, -0.05) is 13.8 Å². The minimum absolute atomic E-state index is 0.00150. The topological polar surface area (TPSA) is 53.3 Å². The van der Waals surface area contributed by atoms with Gasteiger partial charge in [-0.2, -0.15) is 5.26 Å². The van der Waals surface area contributed by atoms with Crippen LogP contribution in [0.3, 0.4) is 0 Å². The third kappa shape index (κ3) is 2.86. The van der Waals surface area contributed by atoms with E-state index >= 15 is 0 Å². The summed E-state index contributed by atoms with van der Waals surface area (Å²) in [6, 6.07) is 11.8. The summed E-state index contributed by atoms with van der Waals surface area (Å²) in [5.74, 6) is 3.21. The molecular weight excluding hydrogens is 240 g/mol. The van der Waals surface area contributed by atoms with Crippen LogP contribution in [0, 0.1) is 29.2 Å². The van der Waals surface area contributed by atoms with E-state index in [-0.39, 0.29) is 12.1 Å². The molecule has 4 heteroatoms. The van der Waals surface area contributed by atoms with Crippen molar-refractivity contribution in [2.75, 3.05) is 6.61 Å². The van der Waals surface area contributed by atoms with Gasteiger partial charge in [-0.3, -0.25) is 0 Å². The number of hydrogen-bond acceptors (Lipinski definition) is 3. The Bertz CT molecular complexity index is 573. The number of carbonyl (C=O) groups excluding carboxylic acids is 1. The number of nitrogens with zero attached hydrogens (tertiary/aromatic N) is 2. The Labute approximate surface area is 112 Å². The molecule has 96 valence electrons. The van der Waals surface area contributed by atoms with Gasteiger partial charge in [0.15, 0.2) is 0 Å². The maximum absolute atomic E-state index is 11.6. The fourth-order valence-electron chi connectivity index (χ4n) is 1.81. The normalized spacial score (nSPS) is 17.7. The highest BCUT2D eigenvalue weighted by Gasteiger charge is 2.34. The second kappa shape index (κ2) is 5.46. The predicted molar refractivity (Wildman–Crippen MR) is 69.8 cm³/mol. The van der Waals surface area contributed by atoms with E-state index in [0.717, 1.165) is 5.56 Å². The number of carbonyl (C=O) groups is 1. The summed E-state index contributed by atoms with van der Waals surface area (Å²) in [5.41, 5.74) is 1.35. The van der Waals surface area contributed by atoms with Crippen LogP contribution >= 0.6 is 0 Å². The first-order valence-electron chi connectivity index (χ1n) is 6.09. The number of nitriles is 1. The Hall–Kier alpha value is -2.46. The van der Waals surface area contributed by atoms with Gasteiger partial charge in [0, 0.05) is 11.6 Å². The zero-order valence-electron chi connectivity index (χ0n) is 10.9. The van der Waals surface area contributed by atoms with Gasteiger partial charge in [0.1, 0.15) is 6.61 Å². The third-order valence-corrected chi connectivity index (χ3v) is 3.01. The summed E-state index contributed by atoms with van der Waals surface area (Å²) >= 11 is 0. The van der Waals surface area contributed by atoms with Gasteiger partial charge in [-0.25, -0.2) is 9.69 Å². The molecule has 0 radical (unpaired) electrons. The van der Waals surface area contributed by atoms with E-state index in [1.165, 1.54) is 4.90 Å². The molecule has 1 atom stereocenters. The molecule has 1 amide bonds. The lowest BCUT2D eigenvalue weighted by atomic mass is 10.1. The van der Waals surface area contributed by atoms with Crippen molar-refractivity contribution in [3.05, 3.63) is 35.4 Å². The van der Waals surface area contributed by atoms with Crippen LogP contribution in [-0.2, 0) is 4.74 Å². The SMILES string of the molecule is CC(C)C1COC(=O)N1C#Cc1ccc(C#N)cc1. The van der Waals surface area contributed by atoms with Gasteiger partial charge in [0.05, 0.1) is 17.7 Å². The summed E-state index contributed by atoms with van der Waals surface area (Å²) in [5, 5.41) is 8.71. The van der Waals surface area contributed by atoms with Gasteiger partial charge in [-0.05, 0) is 36.1 Å². The van der Waals surface area contributed by atoms with E-state index in [0.29, 0.717) is 18.1 Å². The Morgan fingerprint density at radius 1 is 1.32 bits per heavy atom. The molecule has 1 aliphatic heterocycles. The minimum atomic E-state index is -0.389. The molecule has 1 saturated heterocycles. The molecule has 1 aromatic rings. The maximum Gasteiger partial charge on any atom is 0.422 e. The molecule has 0 aliphatic carbocycles. The summed E-state index contributed by atoms with van der Waals surface area (Å²) in [6.45, 7) is 4.45. The number of cyclic esters (lactones) is 1. The second-order valence-electron chi connectivity index (χ2n) is 4.68. The van der Waals surface area contributed by atoms with Crippen LogP contribution in [-0.4, -0.2) is 23.6 Å². The van der Waals surface area contributed by atoms with E-state index in [4.69, 9.17) is 10.00 Å². The molecule has 1 fully saturated rings. The van der Waals surface area contributed by atoms with Gasteiger partial charge < -0.3 is 4.74 Å². The molecule has 4 nitrogen and oxygen atoms in total. The fourth-order valence-corrected chi connectivity index (χ4v) is 1.81. The van der Waals surface area contributed by atoms with Gasteiger partial charge in [0.2, 0.25) is 0 Å². The molecule has 1 aromatic carbocycles. The van der Waals surface area contributed by atoms with Crippen molar-refractivity contribution in [2.45, 2.75) is 19.9 Å². The lowest BCUT2D eigenvalue weighted by Gasteiger charge is -2.17. The molecule has 1 heterocycles. The van der Waals surface area contributed by atoms with Crippen molar-refractivity contribution in [2.24, 2.45) is 5.92 Å². The lowest BCUT2D eigenvalue weighted by Crippen LogP contribution is -2.33. The van der Waals surface area contributed by atoms with Crippen molar-refractivity contribution >= 4 is 6.09 Å². The summed E-state index contributed by atoms with van der Waals surface area (Å²) in [7, 11) is 0. The quantitative estimate of drug-likeness (QED) is 0.723. The number of hydrogen-bond donors (Lipinski definition) is 0. The first kappa shape index (κ1) is 13.0. The van der Waals surface area contributed by atoms with Crippen molar-refractivity contribution in [3.63, 3.8) is 0 Å². The Morgan fingerprint density at radius 2 is 1.95 bits per heavy atom. The summed E-state index contributed by atoms with van der Waals surface area (Å²) in [4.78, 5) is 13.0. The molecule has 0 N–H and O–H groups in total. The fraction of sp³-hybridized carbons (Fsp3) is 0.333. The zero-order chi connectivity index (χ0) is 13.8. The van der Waals surface area contributed by atoms with Crippen molar-refractivity contribution in [1.82, 2.24) is 4.90 Å². The first-order chi connectivity index (χ1) is 9.11. The van der Waals surface area contributed by atoms with Crippen LogP contribution in [0.2, 0.25) is 0 Å². The van der Waals surface area contributed by atoms with Crippen LogP contribution in [0.1, 0.15) is 25.0 Å². The van der Waals surface area contributed by atoms with Crippen molar-refractivity contribution < 1.29 is 9.53 Å². The van der Waals surface area contributed by atoms with E-state index in [2.05, 4.69) is 12.0 Å². The van der Waals surface area contributed by atoms with E-state index in [1.54, 1.807) is 24.3 Å². The maximum atomic E-state index is 11.6. The van der Waals surface area contributed by atoms with E-state index < -0.39 is 0 Å². The van der Waals surface area contributed by atoms with Gasteiger partial charge in [0.25, 0.3) is 0 Å². The zero-order valence-corrected chi connectivity index (χ0v) is 10.9. The Kier molecular flexibility index (Phi) is 3.73. The first-order valence-corrected chi connectivity index (χ1v) is 6.09. The van der Waals surface area contributed by atoms with Crippen molar-refractivity contribution in [1.29, 1.82) is 5.26 Å². The Morgan fingerprint density at radius 3 is 2.53 bits per heavy atom. The number of ether oxygens (including phenoxy) is 1. The van der Waals surface area contributed by atoms with Crippen LogP contribution in [0.5, 0.6) is 0 Å². The standard InChI is InChI=1S/C15H14N2O2/c1-11(2)14-10-19-15(18)17(14)8-7-12-3-5-13(9-16)6-4-12/h3-6,11,14H,10H2,1-2H3. The summed E-state index contributed by atoms with van der Waals surface area (Å²) < 4.78 is 5.01. The highest BCUT2D eigenvalue weighted by Crippen LogP contribution is 2.18. The van der Waals surface area contributed by atoms with Crippen molar-refractivity contribution in [3.8, 4) is 18.0 Å². The van der Waals surface area contributed by atoms with Gasteiger partial charge in [-0.15, -0.1) is 0 Å². The molecule has 0 aromatic heterocycles. The smallest absolute Gasteiger partial charge is 0.422 e. The number of benzene rings is 1. The largest absolute Gasteiger partial charge is 0.446 e. The second-order valence-corrected chi connectivity index (χ2v) is 4.68. The van der Waals surface area contributed by atoms with E-state index in [1.807, 2.05) is 19.9 Å². The number of rotatable bonds is 1. The average molecular weight is 254 g/mol. The molecule has 0 spiro atoms. The molecule has 1 aliphatic rings. The van der Waals surface area contributed by atoms with Gasteiger partial charge >= 0.3 is 6.09 Å². The van der Waals surface area contributed by atoms with Crippen LogP contribution in [0.25, 0.3) is 0 Å². The molecule has 0 bridgehead atoms. The highest BCUT2D eigenvalue weighted by atomic mass is 16.6. The summed E-state index contributed by atoms with van der Waals surface area (Å²) in [6.07, 6.45) is -0.389. The Balaban J connectivity index is 2.17. The van der Waals surface area contributed by atoms with Crippen LogP contribution in [0.15, 0.2) is 24.3 Å². The molecule has 19 heavy (non-hydrogen) atoms. The van der Waals surface area contributed by atoms with Crippen LogP contribution in [0.4, 0.5) is 4.79 Å². The van der Waals surface area contributed by atoms with E-state index in [9.17, 15) is 4.79 Å². The molecule has 0 saturated carbocycles. The number of amides is 1. The third-order valence-electron chi connectivity index (χ3n) is 3.01. The average Bonchev–Trinajstić information content (AvgIpc) is 2.78. The molecule has 1 unspecified atom stereocenters. The van der Waals surface area contributed by atoms with Crippen LogP contribution < -0.4 is 0 Å². The highest BCUT2D eigenvalue weighted by molar-refractivity contribution is 5.72. The lowest BCUT2D eigenvalue weighted by molar-refractivity contribution is 0.167.